The Bertz CT molecular complexity index is 250. The highest BCUT2D eigenvalue weighted by Gasteiger charge is 2.26. The van der Waals surface area contributed by atoms with Crippen LogP contribution in [0.4, 0.5) is 0 Å². The van der Waals surface area contributed by atoms with Gasteiger partial charge in [-0.3, -0.25) is 9.69 Å². The van der Waals surface area contributed by atoms with Crippen LogP contribution in [0.2, 0.25) is 0 Å². The molecule has 1 aliphatic heterocycles. The number of carbonyl (C=O) groups is 1. The summed E-state index contributed by atoms with van der Waals surface area (Å²) in [7, 11) is 0. The molecule has 0 aromatic carbocycles. The second-order valence-electron chi connectivity index (χ2n) is 4.57. The maximum Gasteiger partial charge on any atom is 0.246 e. The average Bonchev–Trinajstić information content (AvgIpc) is 3.03. The molecule has 0 atom stereocenters. The standard InChI is InChI=1S/C12H20N2O/c1-2-3-12(15)14-8-6-13(7-9-14)10-11-4-5-11/h2-3,11H,4-10H2,1H3. The van der Waals surface area contributed by atoms with E-state index in [0.717, 1.165) is 32.1 Å². The summed E-state index contributed by atoms with van der Waals surface area (Å²) in [6.45, 7) is 7.05. The fraction of sp³-hybridized carbons (Fsp3) is 0.750. The third-order valence-corrected chi connectivity index (χ3v) is 3.21. The molecule has 1 saturated carbocycles. The van der Waals surface area contributed by atoms with E-state index in [4.69, 9.17) is 0 Å². The second kappa shape index (κ2) is 4.79. The fourth-order valence-electron chi connectivity index (χ4n) is 2.06. The van der Waals surface area contributed by atoms with Gasteiger partial charge in [-0.15, -0.1) is 0 Å². The zero-order valence-electron chi connectivity index (χ0n) is 9.48. The van der Waals surface area contributed by atoms with Gasteiger partial charge in [-0.1, -0.05) is 6.08 Å². The Morgan fingerprint density at radius 2 is 1.93 bits per heavy atom. The highest BCUT2D eigenvalue weighted by Crippen LogP contribution is 2.29. The second-order valence-corrected chi connectivity index (χ2v) is 4.57. The van der Waals surface area contributed by atoms with Gasteiger partial charge in [0, 0.05) is 32.7 Å². The van der Waals surface area contributed by atoms with Crippen molar-refractivity contribution < 1.29 is 4.79 Å². The highest BCUT2D eigenvalue weighted by molar-refractivity contribution is 5.87. The molecule has 15 heavy (non-hydrogen) atoms. The first-order valence-electron chi connectivity index (χ1n) is 5.93. The van der Waals surface area contributed by atoms with Gasteiger partial charge in [-0.25, -0.2) is 0 Å². The van der Waals surface area contributed by atoms with E-state index in [2.05, 4.69) is 4.90 Å². The van der Waals surface area contributed by atoms with Crippen LogP contribution in [0.15, 0.2) is 12.2 Å². The van der Waals surface area contributed by atoms with Gasteiger partial charge < -0.3 is 4.90 Å². The van der Waals surface area contributed by atoms with Crippen molar-refractivity contribution in [1.82, 2.24) is 9.80 Å². The van der Waals surface area contributed by atoms with E-state index in [1.807, 2.05) is 17.9 Å². The van der Waals surface area contributed by atoms with E-state index in [1.165, 1.54) is 19.4 Å². The van der Waals surface area contributed by atoms with Crippen LogP contribution in [0, 0.1) is 5.92 Å². The molecule has 84 valence electrons. The lowest BCUT2D eigenvalue weighted by atomic mass is 10.2. The minimum atomic E-state index is 0.170. The van der Waals surface area contributed by atoms with Crippen LogP contribution >= 0.6 is 0 Å². The summed E-state index contributed by atoms with van der Waals surface area (Å²) in [6.07, 6.45) is 6.31. The van der Waals surface area contributed by atoms with Crippen molar-refractivity contribution in [1.29, 1.82) is 0 Å². The molecule has 2 rings (SSSR count). The molecule has 2 fully saturated rings. The molecule has 1 aliphatic carbocycles. The number of nitrogens with zero attached hydrogens (tertiary/aromatic N) is 2. The molecule has 0 aromatic heterocycles. The number of rotatable bonds is 3. The van der Waals surface area contributed by atoms with E-state index >= 15 is 0 Å². The minimum absolute atomic E-state index is 0.170. The molecule has 3 heteroatoms. The Hall–Kier alpha value is -0.830. The normalized spacial score (nSPS) is 23.7. The van der Waals surface area contributed by atoms with Gasteiger partial charge in [-0.2, -0.15) is 0 Å². The van der Waals surface area contributed by atoms with Crippen molar-refractivity contribution in [3.63, 3.8) is 0 Å². The van der Waals surface area contributed by atoms with Crippen LogP contribution in [0.5, 0.6) is 0 Å². The topological polar surface area (TPSA) is 23.6 Å². The highest BCUT2D eigenvalue weighted by atomic mass is 16.2. The molecule has 0 bridgehead atoms. The number of piperazine rings is 1. The van der Waals surface area contributed by atoms with Crippen LogP contribution in [0.1, 0.15) is 19.8 Å². The van der Waals surface area contributed by atoms with Crippen molar-refractivity contribution in [3.8, 4) is 0 Å². The molecule has 0 spiro atoms. The third kappa shape index (κ3) is 3.06. The number of carbonyl (C=O) groups excluding carboxylic acids is 1. The molecule has 3 nitrogen and oxygen atoms in total. The fourth-order valence-corrected chi connectivity index (χ4v) is 2.06. The largest absolute Gasteiger partial charge is 0.337 e. The molecular weight excluding hydrogens is 188 g/mol. The molecular formula is C12H20N2O. The van der Waals surface area contributed by atoms with Crippen LogP contribution in [0.25, 0.3) is 0 Å². The lowest BCUT2D eigenvalue weighted by Crippen LogP contribution is -2.48. The monoisotopic (exact) mass is 208 g/mol. The Morgan fingerprint density at radius 3 is 2.47 bits per heavy atom. The van der Waals surface area contributed by atoms with E-state index < -0.39 is 0 Å². The molecule has 0 radical (unpaired) electrons. The third-order valence-electron chi connectivity index (χ3n) is 3.21. The Labute approximate surface area is 91.7 Å². The van der Waals surface area contributed by atoms with Gasteiger partial charge >= 0.3 is 0 Å². The molecule has 0 unspecified atom stereocenters. The van der Waals surface area contributed by atoms with E-state index in [1.54, 1.807) is 6.08 Å². The smallest absolute Gasteiger partial charge is 0.246 e. The number of allylic oxidation sites excluding steroid dienone is 1. The number of hydrogen-bond donors (Lipinski definition) is 0. The minimum Gasteiger partial charge on any atom is -0.337 e. The number of hydrogen-bond acceptors (Lipinski definition) is 2. The maximum atomic E-state index is 11.6. The maximum absolute atomic E-state index is 11.6. The quantitative estimate of drug-likeness (QED) is 0.649. The van der Waals surface area contributed by atoms with Crippen molar-refractivity contribution >= 4 is 5.91 Å². The summed E-state index contributed by atoms with van der Waals surface area (Å²) < 4.78 is 0. The van der Waals surface area contributed by atoms with Crippen LogP contribution in [-0.4, -0.2) is 48.4 Å². The Kier molecular flexibility index (Phi) is 3.41. The van der Waals surface area contributed by atoms with Gasteiger partial charge in [-0.05, 0) is 31.8 Å². The lowest BCUT2D eigenvalue weighted by molar-refractivity contribution is -0.127. The van der Waals surface area contributed by atoms with E-state index in [0.29, 0.717) is 0 Å². The van der Waals surface area contributed by atoms with Gasteiger partial charge in [0.15, 0.2) is 0 Å². The first kappa shape index (κ1) is 10.7. The zero-order valence-corrected chi connectivity index (χ0v) is 9.48. The number of amides is 1. The van der Waals surface area contributed by atoms with Crippen molar-refractivity contribution in [3.05, 3.63) is 12.2 Å². The first-order chi connectivity index (χ1) is 7.29. The summed E-state index contributed by atoms with van der Waals surface area (Å²) in [5, 5.41) is 0. The Morgan fingerprint density at radius 1 is 1.27 bits per heavy atom. The average molecular weight is 208 g/mol. The predicted octanol–water partition coefficient (Wildman–Crippen LogP) is 1.12. The molecule has 2 aliphatic rings. The molecule has 0 aromatic rings. The zero-order chi connectivity index (χ0) is 10.7. The lowest BCUT2D eigenvalue weighted by Gasteiger charge is -2.34. The van der Waals surface area contributed by atoms with E-state index in [9.17, 15) is 4.79 Å². The molecule has 1 heterocycles. The van der Waals surface area contributed by atoms with Gasteiger partial charge in [0.2, 0.25) is 5.91 Å². The van der Waals surface area contributed by atoms with E-state index in [-0.39, 0.29) is 5.91 Å². The molecule has 0 N–H and O–H groups in total. The van der Waals surface area contributed by atoms with Crippen LogP contribution < -0.4 is 0 Å². The van der Waals surface area contributed by atoms with Crippen molar-refractivity contribution in [2.24, 2.45) is 5.92 Å². The van der Waals surface area contributed by atoms with Gasteiger partial charge in [0.05, 0.1) is 0 Å². The SMILES string of the molecule is CC=CC(=O)N1CCN(CC2CC2)CC1. The predicted molar refractivity (Wildman–Crippen MR) is 60.6 cm³/mol. The van der Waals surface area contributed by atoms with Gasteiger partial charge in [0.1, 0.15) is 0 Å². The van der Waals surface area contributed by atoms with Crippen LogP contribution in [0.3, 0.4) is 0 Å². The summed E-state index contributed by atoms with van der Waals surface area (Å²) in [4.78, 5) is 16.0. The van der Waals surface area contributed by atoms with Crippen molar-refractivity contribution in [2.75, 3.05) is 32.7 Å². The summed E-state index contributed by atoms with van der Waals surface area (Å²) >= 11 is 0. The van der Waals surface area contributed by atoms with Crippen molar-refractivity contribution in [2.45, 2.75) is 19.8 Å². The summed E-state index contributed by atoms with van der Waals surface area (Å²) in [5.74, 6) is 1.13. The molecule has 1 saturated heterocycles. The van der Waals surface area contributed by atoms with Crippen LogP contribution in [-0.2, 0) is 4.79 Å². The Balaban J connectivity index is 1.73. The molecule has 1 amide bonds. The summed E-state index contributed by atoms with van der Waals surface area (Å²) in [5.41, 5.74) is 0. The van der Waals surface area contributed by atoms with Gasteiger partial charge in [0.25, 0.3) is 0 Å². The first-order valence-corrected chi connectivity index (χ1v) is 5.93. The summed E-state index contributed by atoms with van der Waals surface area (Å²) in [6, 6.07) is 0.